The van der Waals surface area contributed by atoms with Crippen LogP contribution >= 0.6 is 0 Å². The highest BCUT2D eigenvalue weighted by Crippen LogP contribution is 2.25. The van der Waals surface area contributed by atoms with Crippen LogP contribution in [-0.2, 0) is 4.74 Å². The van der Waals surface area contributed by atoms with E-state index < -0.39 is 0 Å². The van der Waals surface area contributed by atoms with E-state index in [2.05, 4.69) is 6.92 Å². The Labute approximate surface area is 62.2 Å². The predicted octanol–water partition coefficient (Wildman–Crippen LogP) is 1.18. The van der Waals surface area contributed by atoms with Gasteiger partial charge in [0.2, 0.25) is 0 Å². The van der Waals surface area contributed by atoms with Crippen LogP contribution in [-0.4, -0.2) is 24.4 Å². The number of hydrogen-bond donors (Lipinski definition) is 1. The third kappa shape index (κ3) is 1.96. The van der Waals surface area contributed by atoms with E-state index in [0.29, 0.717) is 12.0 Å². The Morgan fingerprint density at radius 1 is 1.30 bits per heavy atom. The van der Waals surface area contributed by atoms with E-state index in [1.54, 1.807) is 7.11 Å². The molecule has 60 valence electrons. The summed E-state index contributed by atoms with van der Waals surface area (Å²) in [6.45, 7) is 2.16. The maximum Gasteiger partial charge on any atom is 0.0598 e. The van der Waals surface area contributed by atoms with Gasteiger partial charge in [-0.2, -0.15) is 0 Å². The second kappa shape index (κ2) is 3.35. The molecule has 0 spiro atoms. The lowest BCUT2D eigenvalue weighted by Crippen LogP contribution is -2.29. The van der Waals surface area contributed by atoms with Crippen LogP contribution in [0.5, 0.6) is 0 Å². The second-order valence-electron chi connectivity index (χ2n) is 3.32. The summed E-state index contributed by atoms with van der Waals surface area (Å²) in [5.74, 6) is 0.619. The smallest absolute Gasteiger partial charge is 0.0598 e. The van der Waals surface area contributed by atoms with Crippen molar-refractivity contribution in [1.29, 1.82) is 0 Å². The molecular weight excluding hydrogens is 128 g/mol. The Morgan fingerprint density at radius 2 is 2.00 bits per heavy atom. The first-order valence-electron chi connectivity index (χ1n) is 3.93. The maximum atomic E-state index is 9.30. The molecule has 1 rings (SSSR count). The van der Waals surface area contributed by atoms with Gasteiger partial charge in [-0.1, -0.05) is 6.92 Å². The van der Waals surface area contributed by atoms with Crippen molar-refractivity contribution in [3.8, 4) is 0 Å². The molecule has 0 aromatic heterocycles. The molecule has 10 heavy (non-hydrogen) atoms. The van der Waals surface area contributed by atoms with Crippen molar-refractivity contribution in [2.24, 2.45) is 5.92 Å². The zero-order chi connectivity index (χ0) is 7.56. The third-order valence-electron chi connectivity index (χ3n) is 2.21. The van der Waals surface area contributed by atoms with Crippen molar-refractivity contribution < 1.29 is 9.84 Å². The molecule has 0 unspecified atom stereocenters. The monoisotopic (exact) mass is 144 g/mol. The summed E-state index contributed by atoms with van der Waals surface area (Å²) in [4.78, 5) is 0. The van der Waals surface area contributed by atoms with Gasteiger partial charge < -0.3 is 9.84 Å². The van der Waals surface area contributed by atoms with Crippen molar-refractivity contribution in [2.45, 2.75) is 38.4 Å². The lowest BCUT2D eigenvalue weighted by atomic mass is 9.87. The van der Waals surface area contributed by atoms with Gasteiger partial charge in [0.05, 0.1) is 12.2 Å². The van der Waals surface area contributed by atoms with Gasteiger partial charge in [0.25, 0.3) is 0 Å². The number of rotatable bonds is 1. The summed E-state index contributed by atoms with van der Waals surface area (Å²) in [6.07, 6.45) is 3.03. The summed E-state index contributed by atoms with van der Waals surface area (Å²) in [5.41, 5.74) is 0. The molecule has 0 amide bonds. The standard InChI is InChI=1S/C8H16O2/c1-6-3-7(9)5-8(4-6)10-2/h6-9H,3-5H2,1-2H3/t6-,7+,8-/m0/s1. The SMILES string of the molecule is CO[C@H]1C[C@@H](C)C[C@@H](O)C1. The first kappa shape index (κ1) is 8.02. The van der Waals surface area contributed by atoms with E-state index in [4.69, 9.17) is 4.74 Å². The molecular formula is C8H16O2. The first-order valence-corrected chi connectivity index (χ1v) is 3.93. The molecule has 0 bridgehead atoms. The van der Waals surface area contributed by atoms with Gasteiger partial charge in [-0.05, 0) is 25.2 Å². The average Bonchev–Trinajstić information content (AvgIpc) is 1.85. The van der Waals surface area contributed by atoms with Crippen LogP contribution in [0.2, 0.25) is 0 Å². The maximum absolute atomic E-state index is 9.30. The molecule has 0 radical (unpaired) electrons. The Balaban J connectivity index is 2.35. The number of hydrogen-bond acceptors (Lipinski definition) is 2. The van der Waals surface area contributed by atoms with E-state index >= 15 is 0 Å². The van der Waals surface area contributed by atoms with E-state index in [-0.39, 0.29) is 6.10 Å². The lowest BCUT2D eigenvalue weighted by molar-refractivity contribution is -0.00723. The minimum Gasteiger partial charge on any atom is -0.393 e. The minimum atomic E-state index is -0.131. The quantitative estimate of drug-likeness (QED) is 0.599. The Hall–Kier alpha value is -0.0800. The van der Waals surface area contributed by atoms with Gasteiger partial charge in [0.15, 0.2) is 0 Å². The molecule has 1 fully saturated rings. The highest BCUT2D eigenvalue weighted by atomic mass is 16.5. The van der Waals surface area contributed by atoms with Gasteiger partial charge in [-0.3, -0.25) is 0 Å². The summed E-state index contributed by atoms with van der Waals surface area (Å²) < 4.78 is 5.17. The van der Waals surface area contributed by atoms with Crippen LogP contribution < -0.4 is 0 Å². The molecule has 0 saturated heterocycles. The average molecular weight is 144 g/mol. The van der Waals surface area contributed by atoms with Crippen LogP contribution in [0, 0.1) is 5.92 Å². The summed E-state index contributed by atoms with van der Waals surface area (Å²) in [5, 5.41) is 9.30. The van der Waals surface area contributed by atoms with Crippen molar-refractivity contribution in [2.75, 3.05) is 7.11 Å². The molecule has 2 nitrogen and oxygen atoms in total. The molecule has 0 aliphatic heterocycles. The topological polar surface area (TPSA) is 29.5 Å². The van der Waals surface area contributed by atoms with Crippen LogP contribution in [0.1, 0.15) is 26.2 Å². The van der Waals surface area contributed by atoms with Crippen molar-refractivity contribution in [1.82, 2.24) is 0 Å². The van der Waals surface area contributed by atoms with Gasteiger partial charge >= 0.3 is 0 Å². The Kier molecular flexibility index (Phi) is 2.69. The molecule has 0 aromatic rings. The molecule has 1 aliphatic rings. The number of methoxy groups -OCH3 is 1. The highest BCUT2D eigenvalue weighted by molar-refractivity contribution is 4.76. The molecule has 0 heterocycles. The van der Waals surface area contributed by atoms with E-state index in [1.807, 2.05) is 0 Å². The molecule has 1 N–H and O–H groups in total. The molecule has 1 aliphatic carbocycles. The van der Waals surface area contributed by atoms with Gasteiger partial charge in [-0.25, -0.2) is 0 Å². The van der Waals surface area contributed by atoms with Crippen LogP contribution in [0.4, 0.5) is 0 Å². The van der Waals surface area contributed by atoms with Gasteiger partial charge in [0.1, 0.15) is 0 Å². The number of aliphatic hydroxyl groups excluding tert-OH is 1. The zero-order valence-corrected chi connectivity index (χ0v) is 6.71. The van der Waals surface area contributed by atoms with Gasteiger partial charge in [0, 0.05) is 7.11 Å². The van der Waals surface area contributed by atoms with E-state index in [9.17, 15) is 5.11 Å². The van der Waals surface area contributed by atoms with Crippen molar-refractivity contribution >= 4 is 0 Å². The lowest BCUT2D eigenvalue weighted by Gasteiger charge is -2.29. The molecule has 1 saturated carbocycles. The largest absolute Gasteiger partial charge is 0.393 e. The highest BCUT2D eigenvalue weighted by Gasteiger charge is 2.24. The van der Waals surface area contributed by atoms with Crippen LogP contribution in [0.15, 0.2) is 0 Å². The molecule has 2 heteroatoms. The van der Waals surface area contributed by atoms with Crippen molar-refractivity contribution in [3.63, 3.8) is 0 Å². The van der Waals surface area contributed by atoms with Gasteiger partial charge in [-0.15, -0.1) is 0 Å². The fourth-order valence-corrected chi connectivity index (χ4v) is 1.70. The summed E-state index contributed by atoms with van der Waals surface area (Å²) >= 11 is 0. The Morgan fingerprint density at radius 3 is 2.50 bits per heavy atom. The van der Waals surface area contributed by atoms with Crippen LogP contribution in [0.3, 0.4) is 0 Å². The van der Waals surface area contributed by atoms with E-state index in [0.717, 1.165) is 19.3 Å². The molecule has 0 aromatic carbocycles. The molecule has 3 atom stereocenters. The zero-order valence-electron chi connectivity index (χ0n) is 6.71. The third-order valence-corrected chi connectivity index (χ3v) is 2.21. The normalized spacial score (nSPS) is 41.7. The second-order valence-corrected chi connectivity index (χ2v) is 3.32. The van der Waals surface area contributed by atoms with Crippen molar-refractivity contribution in [3.05, 3.63) is 0 Å². The number of aliphatic hydroxyl groups is 1. The Bertz CT molecular complexity index is 93.4. The predicted molar refractivity (Wildman–Crippen MR) is 39.8 cm³/mol. The summed E-state index contributed by atoms with van der Waals surface area (Å²) in [7, 11) is 1.72. The first-order chi connectivity index (χ1) is 4.72. The minimum absolute atomic E-state index is 0.131. The van der Waals surface area contributed by atoms with Crippen LogP contribution in [0.25, 0.3) is 0 Å². The van der Waals surface area contributed by atoms with E-state index in [1.165, 1.54) is 0 Å². The summed E-state index contributed by atoms with van der Waals surface area (Å²) in [6, 6.07) is 0. The number of ether oxygens (including phenoxy) is 1. The fraction of sp³-hybridized carbons (Fsp3) is 1.00. The fourth-order valence-electron chi connectivity index (χ4n) is 1.70.